The van der Waals surface area contributed by atoms with Gasteiger partial charge in [0.2, 0.25) is 0 Å². The molecular weight excluding hydrogens is 329 g/mol. The number of carbonyl (C=O) groups is 1. The molecule has 0 spiro atoms. The topological polar surface area (TPSA) is 75.5 Å². The quantitative estimate of drug-likeness (QED) is 0.861. The number of fused-ring (bicyclic) bond motifs is 1. The number of halogens is 3. The molecule has 1 aromatic carbocycles. The van der Waals surface area contributed by atoms with E-state index in [2.05, 4.69) is 4.98 Å². The Kier molecular flexibility index (Phi) is 3.71. The van der Waals surface area contributed by atoms with Gasteiger partial charge in [-0.25, -0.2) is 4.79 Å². The number of aromatic amines is 1. The molecule has 2 heterocycles. The van der Waals surface area contributed by atoms with Crippen molar-refractivity contribution in [3.8, 4) is 0 Å². The summed E-state index contributed by atoms with van der Waals surface area (Å²) in [6, 6.07) is 4.22. The summed E-state index contributed by atoms with van der Waals surface area (Å²) in [6.45, 7) is 2.45. The third-order valence-electron chi connectivity index (χ3n) is 3.74. The highest BCUT2D eigenvalue weighted by molar-refractivity contribution is 5.97. The molecule has 130 valence electrons. The first-order valence-corrected chi connectivity index (χ1v) is 7.22. The van der Waals surface area contributed by atoms with Crippen molar-refractivity contribution in [2.75, 3.05) is 13.1 Å². The van der Waals surface area contributed by atoms with Crippen molar-refractivity contribution in [2.45, 2.75) is 31.7 Å². The number of morpholine rings is 1. The zero-order valence-electron chi connectivity index (χ0n) is 12.9. The van der Waals surface area contributed by atoms with Crippen molar-refractivity contribution in [3.63, 3.8) is 0 Å². The van der Waals surface area contributed by atoms with Crippen LogP contribution in [0.4, 0.5) is 13.2 Å². The molecule has 1 atom stereocenters. The van der Waals surface area contributed by atoms with Crippen molar-refractivity contribution in [3.05, 3.63) is 34.3 Å². The maximum Gasteiger partial charge on any atom is 0.417 e. The summed E-state index contributed by atoms with van der Waals surface area (Å²) in [7, 11) is 0. The van der Waals surface area contributed by atoms with Gasteiger partial charge in [-0.15, -0.1) is 0 Å². The highest BCUT2D eigenvalue weighted by Gasteiger charge is 2.49. The summed E-state index contributed by atoms with van der Waals surface area (Å²) in [5, 5.41) is 0. The Balaban J connectivity index is 1.90. The number of carbonyl (C=O) groups excluding carboxylic acids is 1. The summed E-state index contributed by atoms with van der Waals surface area (Å²) in [5.41, 5.74) is -0.377. The van der Waals surface area contributed by atoms with E-state index in [1.807, 2.05) is 0 Å². The third-order valence-corrected chi connectivity index (χ3v) is 3.74. The van der Waals surface area contributed by atoms with Gasteiger partial charge in [0, 0.05) is 12.1 Å². The Morgan fingerprint density at radius 2 is 2.08 bits per heavy atom. The van der Waals surface area contributed by atoms with Crippen LogP contribution in [-0.2, 0) is 4.74 Å². The molecule has 0 aliphatic carbocycles. The number of ether oxygens (including phenoxy) is 1. The third kappa shape index (κ3) is 3.16. The van der Waals surface area contributed by atoms with Gasteiger partial charge in [0.15, 0.2) is 11.7 Å². The van der Waals surface area contributed by atoms with Crippen molar-refractivity contribution >= 4 is 17.0 Å². The van der Waals surface area contributed by atoms with Gasteiger partial charge < -0.3 is 14.1 Å². The molecule has 24 heavy (non-hydrogen) atoms. The number of hydrogen-bond donors (Lipinski definition) is 1. The molecule has 1 saturated heterocycles. The van der Waals surface area contributed by atoms with Gasteiger partial charge in [-0.2, -0.15) is 13.2 Å². The minimum Gasteiger partial charge on any atom is -0.408 e. The van der Waals surface area contributed by atoms with Gasteiger partial charge in [-0.3, -0.25) is 9.78 Å². The molecule has 1 fully saturated rings. The maximum atomic E-state index is 13.0. The van der Waals surface area contributed by atoms with E-state index in [-0.39, 0.29) is 17.7 Å². The molecule has 1 unspecified atom stereocenters. The SMILES string of the molecule is CC1(C)CN(C(=O)c2ccc3oc(=O)[nH]c3c2)CC(C(F)(F)F)O1. The van der Waals surface area contributed by atoms with Crippen LogP contribution < -0.4 is 5.76 Å². The monoisotopic (exact) mass is 344 g/mol. The summed E-state index contributed by atoms with van der Waals surface area (Å²) < 4.78 is 48.9. The van der Waals surface area contributed by atoms with Crippen LogP contribution in [0.2, 0.25) is 0 Å². The number of nitrogens with zero attached hydrogens (tertiary/aromatic N) is 1. The maximum absolute atomic E-state index is 13.0. The van der Waals surface area contributed by atoms with E-state index >= 15 is 0 Å². The van der Waals surface area contributed by atoms with Crippen LogP contribution in [0.25, 0.3) is 11.1 Å². The fourth-order valence-electron chi connectivity index (χ4n) is 2.78. The second kappa shape index (κ2) is 5.37. The van der Waals surface area contributed by atoms with Gasteiger partial charge in [0.25, 0.3) is 5.91 Å². The van der Waals surface area contributed by atoms with Crippen LogP contribution in [0.5, 0.6) is 0 Å². The number of hydrogen-bond acceptors (Lipinski definition) is 4. The molecule has 2 aromatic rings. The van der Waals surface area contributed by atoms with Crippen molar-refractivity contribution in [1.82, 2.24) is 9.88 Å². The Morgan fingerprint density at radius 1 is 1.38 bits per heavy atom. The fourth-order valence-corrected chi connectivity index (χ4v) is 2.78. The van der Waals surface area contributed by atoms with Crippen molar-refractivity contribution in [2.24, 2.45) is 0 Å². The Bertz CT molecular complexity index is 837. The second-order valence-electron chi connectivity index (χ2n) is 6.32. The van der Waals surface area contributed by atoms with Crippen LogP contribution in [0.15, 0.2) is 27.4 Å². The zero-order valence-corrected chi connectivity index (χ0v) is 12.9. The average molecular weight is 344 g/mol. The molecule has 0 radical (unpaired) electrons. The minimum atomic E-state index is -4.56. The summed E-state index contributed by atoms with van der Waals surface area (Å²) >= 11 is 0. The number of alkyl halides is 3. The predicted molar refractivity (Wildman–Crippen MR) is 77.7 cm³/mol. The number of rotatable bonds is 1. The number of oxazole rings is 1. The van der Waals surface area contributed by atoms with Gasteiger partial charge >= 0.3 is 11.9 Å². The number of nitrogens with one attached hydrogen (secondary N) is 1. The molecule has 0 saturated carbocycles. The van der Waals surface area contributed by atoms with E-state index in [4.69, 9.17) is 9.15 Å². The molecule has 1 N–H and O–H groups in total. The Morgan fingerprint density at radius 3 is 2.75 bits per heavy atom. The first-order chi connectivity index (χ1) is 11.0. The molecule has 1 amide bonds. The first kappa shape index (κ1) is 16.6. The lowest BCUT2D eigenvalue weighted by Crippen LogP contribution is -2.58. The summed E-state index contributed by atoms with van der Waals surface area (Å²) in [6.07, 6.45) is -6.60. The van der Waals surface area contributed by atoms with E-state index in [0.717, 1.165) is 4.90 Å². The van der Waals surface area contributed by atoms with Crippen LogP contribution in [-0.4, -0.2) is 46.8 Å². The highest BCUT2D eigenvalue weighted by atomic mass is 19.4. The van der Waals surface area contributed by atoms with E-state index in [0.29, 0.717) is 5.52 Å². The molecule has 1 aliphatic heterocycles. The van der Waals surface area contributed by atoms with Crippen molar-refractivity contribution in [1.29, 1.82) is 0 Å². The molecule has 6 nitrogen and oxygen atoms in total. The van der Waals surface area contributed by atoms with E-state index in [9.17, 15) is 22.8 Å². The fraction of sp³-hybridized carbons (Fsp3) is 0.467. The molecular formula is C15H15F3N2O4. The van der Waals surface area contributed by atoms with Gasteiger partial charge in [-0.05, 0) is 32.0 Å². The molecule has 9 heteroatoms. The van der Waals surface area contributed by atoms with Crippen LogP contribution >= 0.6 is 0 Å². The number of amides is 1. The van der Waals surface area contributed by atoms with Crippen molar-refractivity contribution < 1.29 is 27.1 Å². The normalized spacial score (nSPS) is 21.2. The summed E-state index contributed by atoms with van der Waals surface area (Å²) in [4.78, 5) is 27.3. The minimum absolute atomic E-state index is 0.0261. The number of benzene rings is 1. The predicted octanol–water partition coefficient (Wildman–Crippen LogP) is 2.30. The smallest absolute Gasteiger partial charge is 0.408 e. The Labute approximate surface area is 134 Å². The molecule has 1 aliphatic rings. The Hall–Kier alpha value is -2.29. The molecule has 1 aromatic heterocycles. The second-order valence-corrected chi connectivity index (χ2v) is 6.32. The van der Waals surface area contributed by atoms with Gasteiger partial charge in [0.1, 0.15) is 0 Å². The van der Waals surface area contributed by atoms with Crippen LogP contribution in [0.3, 0.4) is 0 Å². The van der Waals surface area contributed by atoms with Gasteiger partial charge in [-0.1, -0.05) is 0 Å². The van der Waals surface area contributed by atoms with E-state index in [1.54, 1.807) is 0 Å². The number of H-pyrrole nitrogens is 1. The standard InChI is InChI=1S/C15H15F3N2O4/c1-14(2)7-20(6-11(24-14)15(16,17)18)12(21)8-3-4-10-9(5-8)19-13(22)23-10/h3-5,11H,6-7H2,1-2H3,(H,19,22). The summed E-state index contributed by atoms with van der Waals surface area (Å²) in [5.74, 6) is -1.23. The van der Waals surface area contributed by atoms with E-state index in [1.165, 1.54) is 32.0 Å². The van der Waals surface area contributed by atoms with E-state index < -0.39 is 36.1 Å². The lowest BCUT2D eigenvalue weighted by atomic mass is 10.0. The molecule has 0 bridgehead atoms. The lowest BCUT2D eigenvalue weighted by Gasteiger charge is -2.43. The highest BCUT2D eigenvalue weighted by Crippen LogP contribution is 2.32. The zero-order chi connectivity index (χ0) is 17.7. The average Bonchev–Trinajstić information content (AvgIpc) is 2.82. The first-order valence-electron chi connectivity index (χ1n) is 7.22. The number of aromatic nitrogens is 1. The largest absolute Gasteiger partial charge is 0.417 e. The van der Waals surface area contributed by atoms with Gasteiger partial charge in [0.05, 0.1) is 17.7 Å². The molecule has 3 rings (SSSR count). The van der Waals surface area contributed by atoms with Crippen LogP contribution in [0, 0.1) is 0 Å². The van der Waals surface area contributed by atoms with Crippen LogP contribution in [0.1, 0.15) is 24.2 Å². The lowest BCUT2D eigenvalue weighted by molar-refractivity contribution is -0.267.